The maximum atomic E-state index is 7.21. The summed E-state index contributed by atoms with van der Waals surface area (Å²) in [5.74, 6) is 0. The predicted molar refractivity (Wildman–Crippen MR) is 265 cm³/mol. The van der Waals surface area contributed by atoms with Crippen LogP contribution >= 0.6 is 6.04 Å². The van der Waals surface area contributed by atoms with Gasteiger partial charge in [0, 0.05) is 44.6 Å². The zero-order valence-corrected chi connectivity index (χ0v) is 34.5. The maximum absolute atomic E-state index is 7.21. The summed E-state index contributed by atoms with van der Waals surface area (Å²) >= 11 is 7.21. The average Bonchev–Trinajstić information content (AvgIpc) is 3.73. The summed E-state index contributed by atoms with van der Waals surface area (Å²) < 4.78 is 2.35. The molecular weight excluding hydrogens is 778 g/mol. The highest BCUT2D eigenvalue weighted by atomic mass is 32.4. The minimum Gasteiger partial charge on any atom is -0.291 e. The number of imidazole rings is 1. The van der Waals surface area contributed by atoms with Crippen molar-refractivity contribution in [1.82, 2.24) is 14.4 Å². The molecule has 13 aromatic rings. The first-order valence-corrected chi connectivity index (χ1v) is 23.5. The molecule has 0 saturated heterocycles. The van der Waals surface area contributed by atoms with Crippen molar-refractivity contribution in [2.75, 3.05) is 0 Å². The molecule has 0 aliphatic heterocycles. The smallest absolute Gasteiger partial charge is 0.146 e. The van der Waals surface area contributed by atoms with Crippen LogP contribution in [-0.4, -0.2) is 14.4 Å². The van der Waals surface area contributed by atoms with Crippen molar-refractivity contribution in [3.8, 4) is 11.3 Å². The van der Waals surface area contributed by atoms with Gasteiger partial charge >= 0.3 is 0 Å². The lowest BCUT2D eigenvalue weighted by Gasteiger charge is -2.27. The summed E-state index contributed by atoms with van der Waals surface area (Å²) in [7, 11) is 0. The van der Waals surface area contributed by atoms with Crippen molar-refractivity contribution in [3.05, 3.63) is 206 Å². The van der Waals surface area contributed by atoms with Crippen LogP contribution in [0.15, 0.2) is 206 Å². The average molecular weight is 812 g/mol. The van der Waals surface area contributed by atoms with Crippen molar-refractivity contribution in [2.45, 2.75) is 0 Å². The van der Waals surface area contributed by atoms with E-state index >= 15 is 0 Å². The second-order valence-electron chi connectivity index (χ2n) is 16.1. The lowest BCUT2D eigenvalue weighted by molar-refractivity contribution is 1.32. The molecule has 3 aromatic heterocycles. The third-order valence-electron chi connectivity index (χ3n) is 12.8. The van der Waals surface area contributed by atoms with Crippen molar-refractivity contribution < 1.29 is 0 Å². The Morgan fingerprint density at radius 3 is 1.80 bits per heavy atom. The zero-order valence-electron chi connectivity index (χ0n) is 32.8. The van der Waals surface area contributed by atoms with E-state index in [9.17, 15) is 0 Å². The molecule has 10 aromatic carbocycles. The molecule has 3 heterocycles. The minimum atomic E-state index is -2.68. The Bertz CT molecular complexity index is 4040. The summed E-state index contributed by atoms with van der Waals surface area (Å²) in [4.78, 5) is 10.4. The van der Waals surface area contributed by atoms with Gasteiger partial charge < -0.3 is 0 Å². The molecule has 0 amide bonds. The van der Waals surface area contributed by atoms with Gasteiger partial charge in [-0.2, -0.15) is 0 Å². The van der Waals surface area contributed by atoms with Crippen LogP contribution in [0.1, 0.15) is 0 Å². The van der Waals surface area contributed by atoms with Gasteiger partial charge in [0.15, 0.2) is 0 Å². The minimum absolute atomic E-state index is 0.914. The van der Waals surface area contributed by atoms with Crippen molar-refractivity contribution in [3.63, 3.8) is 0 Å². The van der Waals surface area contributed by atoms with Gasteiger partial charge in [-0.15, -0.1) is 0 Å². The Labute approximate surface area is 356 Å². The summed E-state index contributed by atoms with van der Waals surface area (Å²) in [5.41, 5.74) is 6.22. The molecule has 0 aliphatic carbocycles. The van der Waals surface area contributed by atoms with Crippen LogP contribution < -0.4 is 15.9 Å². The molecule has 13 rings (SSSR count). The molecule has 1 unspecified atom stereocenters. The molecule has 3 nitrogen and oxygen atoms in total. The van der Waals surface area contributed by atoms with Gasteiger partial charge in [-0.05, 0) is 102 Å². The van der Waals surface area contributed by atoms with E-state index < -0.39 is 6.04 Å². The molecule has 0 bridgehead atoms. The van der Waals surface area contributed by atoms with E-state index in [1.165, 1.54) is 70.1 Å². The molecule has 5 heteroatoms. The number of nitrogens with zero attached hydrogens (tertiary/aromatic N) is 3. The lowest BCUT2D eigenvalue weighted by Crippen LogP contribution is -2.26. The molecule has 0 aliphatic rings. The number of pyridine rings is 2. The first kappa shape index (κ1) is 34.6. The molecule has 0 spiro atoms. The number of hydrogen-bond donors (Lipinski definition) is 0. The standard InChI is InChI=1S/C56H34N3PS/c61-60(40-26-23-36-22-21-35-11-1-3-13-42(35)50(36)33-40,54-32-37-12-2-4-14-43(37)45-15-5-7-17-47(45)54)41-27-30-51(57-34-41)39-25-28-44-38(31-39)24-29-48-46-16-6-8-18-49(46)56-58-52-19-9-10-20-53(52)59(56)55(44)48/h1-34H. The number of para-hydroxylation sites is 2. The second-order valence-corrected chi connectivity index (χ2v) is 20.4. The Balaban J connectivity index is 1.01. The largest absolute Gasteiger partial charge is 0.291 e. The molecule has 284 valence electrons. The van der Waals surface area contributed by atoms with Crippen molar-refractivity contribution in [2.24, 2.45) is 0 Å². The SMILES string of the molecule is S=P(c1ccc(-c2ccc3c(ccc4c5ccccc5c5nc6ccccc6n5c34)c2)nc1)(c1ccc2ccc3ccccc3c2c1)c1cc2ccccc2c2ccccc12. The Kier molecular flexibility index (Phi) is 7.45. The summed E-state index contributed by atoms with van der Waals surface area (Å²) in [6, 6.07) is 69.8. The maximum Gasteiger partial charge on any atom is 0.146 e. The highest BCUT2D eigenvalue weighted by molar-refractivity contribution is 8.25. The van der Waals surface area contributed by atoms with Gasteiger partial charge in [0.2, 0.25) is 0 Å². The van der Waals surface area contributed by atoms with E-state index in [-0.39, 0.29) is 0 Å². The van der Waals surface area contributed by atoms with Crippen LogP contribution in [0, 0.1) is 0 Å². The number of hydrogen-bond acceptors (Lipinski definition) is 3. The highest BCUT2D eigenvalue weighted by Gasteiger charge is 2.29. The predicted octanol–water partition coefficient (Wildman–Crippen LogP) is 13.4. The van der Waals surface area contributed by atoms with E-state index in [4.69, 9.17) is 21.8 Å². The van der Waals surface area contributed by atoms with Gasteiger partial charge in [0.25, 0.3) is 0 Å². The molecule has 0 N–H and O–H groups in total. The van der Waals surface area contributed by atoms with Gasteiger partial charge in [-0.3, -0.25) is 9.38 Å². The lowest BCUT2D eigenvalue weighted by atomic mass is 9.98. The van der Waals surface area contributed by atoms with E-state index in [1.807, 2.05) is 0 Å². The molecule has 0 fully saturated rings. The monoisotopic (exact) mass is 811 g/mol. The molecule has 1 atom stereocenters. The molecule has 0 saturated carbocycles. The Hall–Kier alpha value is -7.23. The second kappa shape index (κ2) is 13.1. The fourth-order valence-corrected chi connectivity index (χ4v) is 13.9. The third-order valence-corrected chi connectivity index (χ3v) is 17.7. The fourth-order valence-electron chi connectivity index (χ4n) is 9.93. The van der Waals surface area contributed by atoms with Crippen LogP contribution in [0.3, 0.4) is 0 Å². The first-order valence-electron chi connectivity index (χ1n) is 20.7. The Morgan fingerprint density at radius 1 is 0.410 bits per heavy atom. The molecular formula is C56H34N3PS. The fraction of sp³-hybridized carbons (Fsp3) is 0. The number of benzene rings is 10. The van der Waals surface area contributed by atoms with Gasteiger partial charge in [-0.1, -0.05) is 170 Å². The van der Waals surface area contributed by atoms with Crippen molar-refractivity contribution >= 4 is 126 Å². The number of rotatable bonds is 4. The third kappa shape index (κ3) is 5.07. The molecule has 0 radical (unpaired) electrons. The number of fused-ring (bicyclic) bond motifs is 16. The first-order chi connectivity index (χ1) is 30.1. The van der Waals surface area contributed by atoms with Gasteiger partial charge in [0.05, 0.1) is 22.2 Å². The van der Waals surface area contributed by atoms with Crippen LogP contribution in [-0.2, 0) is 11.8 Å². The van der Waals surface area contributed by atoms with Gasteiger partial charge in [-0.25, -0.2) is 4.98 Å². The topological polar surface area (TPSA) is 30.2 Å². The van der Waals surface area contributed by atoms with Gasteiger partial charge in [0.1, 0.15) is 5.65 Å². The Morgan fingerprint density at radius 2 is 1.00 bits per heavy atom. The van der Waals surface area contributed by atoms with Crippen molar-refractivity contribution in [1.29, 1.82) is 0 Å². The summed E-state index contributed by atoms with van der Waals surface area (Å²) in [6.07, 6.45) is 2.06. The van der Waals surface area contributed by atoms with Crippen LogP contribution in [0.5, 0.6) is 0 Å². The van der Waals surface area contributed by atoms with E-state index in [0.29, 0.717) is 0 Å². The highest BCUT2D eigenvalue weighted by Crippen LogP contribution is 2.47. The zero-order chi connectivity index (χ0) is 40.2. The summed E-state index contributed by atoms with van der Waals surface area (Å²) in [6.45, 7) is 0. The molecule has 61 heavy (non-hydrogen) atoms. The summed E-state index contributed by atoms with van der Waals surface area (Å²) in [5, 5.41) is 19.1. The van der Waals surface area contributed by atoms with Crippen LogP contribution in [0.2, 0.25) is 0 Å². The number of aromatic nitrogens is 3. The normalized spacial score (nSPS) is 13.1. The van der Waals surface area contributed by atoms with E-state index in [0.717, 1.165) is 49.3 Å². The van der Waals surface area contributed by atoms with Crippen LogP contribution in [0.4, 0.5) is 0 Å². The van der Waals surface area contributed by atoms with E-state index in [1.54, 1.807) is 0 Å². The quantitative estimate of drug-likeness (QED) is 0.131. The van der Waals surface area contributed by atoms with E-state index in [2.05, 4.69) is 211 Å². The van der Waals surface area contributed by atoms with Crippen LogP contribution in [0.25, 0.3) is 103 Å².